The van der Waals surface area contributed by atoms with Gasteiger partial charge in [-0.3, -0.25) is 4.79 Å². The summed E-state index contributed by atoms with van der Waals surface area (Å²) < 4.78 is 43.1. The topological polar surface area (TPSA) is 48.0 Å². The lowest BCUT2D eigenvalue weighted by atomic mass is 10.1. The molecule has 0 bridgehead atoms. The van der Waals surface area contributed by atoms with Gasteiger partial charge in [-0.2, -0.15) is 0 Å². The van der Waals surface area contributed by atoms with Crippen LogP contribution in [0.2, 0.25) is 5.02 Å². The summed E-state index contributed by atoms with van der Waals surface area (Å²) in [5.74, 6) is -3.91. The Morgan fingerprint density at radius 2 is 1.81 bits per heavy atom. The molecule has 0 aliphatic rings. The molecule has 1 heterocycles. The van der Waals surface area contributed by atoms with Gasteiger partial charge in [0.1, 0.15) is 5.82 Å². The second kappa shape index (κ2) is 6.32. The lowest BCUT2D eigenvalue weighted by molar-refractivity contribution is 0.100. The van der Waals surface area contributed by atoms with Crippen molar-refractivity contribution in [3.05, 3.63) is 82.1 Å². The molecular weight excluding hydrogens is 377 g/mol. The molecule has 7 heteroatoms. The lowest BCUT2D eigenvalue weighted by Crippen LogP contribution is -2.11. The van der Waals surface area contributed by atoms with Gasteiger partial charge in [0.2, 0.25) is 5.91 Å². The first-order valence-corrected chi connectivity index (χ1v) is 8.39. The van der Waals surface area contributed by atoms with Crippen LogP contribution in [-0.2, 0) is 6.54 Å². The maximum atomic E-state index is 14.2. The predicted octanol–water partition coefficient (Wildman–Crippen LogP) is 5.01. The standard InChI is InChI=1S/C20H12ClF3N2O/c21-14-5-1-3-12-17-13(20(25)27)4-2-6-16(17)26(19(12)14)9-10-7-11(22)8-15(23)18(10)24/h1-8H,9H2,(H2,25,27). The SMILES string of the molecule is NC(=O)c1cccc2c1c1cccc(Cl)c1n2Cc1cc(F)cc(F)c1F. The first-order valence-electron chi connectivity index (χ1n) is 8.01. The molecule has 0 aliphatic heterocycles. The highest BCUT2D eigenvalue weighted by molar-refractivity contribution is 6.37. The normalized spacial score (nSPS) is 11.4. The summed E-state index contributed by atoms with van der Waals surface area (Å²) in [4.78, 5) is 11.9. The molecule has 0 radical (unpaired) electrons. The van der Waals surface area contributed by atoms with E-state index in [-0.39, 0.29) is 17.7 Å². The number of carbonyl (C=O) groups excluding carboxylic acids is 1. The number of primary amides is 1. The average molecular weight is 389 g/mol. The number of fused-ring (bicyclic) bond motifs is 3. The number of benzene rings is 3. The molecule has 0 saturated carbocycles. The first kappa shape index (κ1) is 17.4. The summed E-state index contributed by atoms with van der Waals surface area (Å²) in [5.41, 5.74) is 6.68. The zero-order chi connectivity index (χ0) is 19.3. The van der Waals surface area contributed by atoms with Crippen molar-refractivity contribution in [2.24, 2.45) is 5.73 Å². The number of rotatable bonds is 3. The number of carbonyl (C=O) groups is 1. The molecule has 0 atom stereocenters. The number of para-hydroxylation sites is 1. The molecule has 0 saturated heterocycles. The Morgan fingerprint density at radius 3 is 2.56 bits per heavy atom. The molecule has 0 unspecified atom stereocenters. The molecular formula is C20H12ClF3N2O. The number of halogens is 4. The minimum Gasteiger partial charge on any atom is -0.366 e. The van der Waals surface area contributed by atoms with Crippen molar-refractivity contribution >= 4 is 39.3 Å². The smallest absolute Gasteiger partial charge is 0.249 e. The Hall–Kier alpha value is -2.99. The molecule has 1 aromatic heterocycles. The van der Waals surface area contributed by atoms with Crippen LogP contribution in [0.1, 0.15) is 15.9 Å². The Balaban J connectivity index is 2.08. The fourth-order valence-corrected chi connectivity index (χ4v) is 3.70. The van der Waals surface area contributed by atoms with Crippen LogP contribution in [0.25, 0.3) is 21.8 Å². The Morgan fingerprint density at radius 1 is 1.07 bits per heavy atom. The lowest BCUT2D eigenvalue weighted by Gasteiger charge is -2.10. The van der Waals surface area contributed by atoms with Crippen LogP contribution in [0.5, 0.6) is 0 Å². The molecule has 3 aromatic carbocycles. The number of aromatic nitrogens is 1. The van der Waals surface area contributed by atoms with E-state index in [4.69, 9.17) is 17.3 Å². The van der Waals surface area contributed by atoms with Crippen LogP contribution in [0.4, 0.5) is 13.2 Å². The van der Waals surface area contributed by atoms with Crippen molar-refractivity contribution in [2.45, 2.75) is 6.54 Å². The molecule has 27 heavy (non-hydrogen) atoms. The molecule has 4 rings (SSSR count). The van der Waals surface area contributed by atoms with E-state index in [1.807, 2.05) is 0 Å². The molecule has 0 spiro atoms. The van der Waals surface area contributed by atoms with Crippen molar-refractivity contribution < 1.29 is 18.0 Å². The zero-order valence-electron chi connectivity index (χ0n) is 13.8. The maximum Gasteiger partial charge on any atom is 0.249 e. The predicted molar refractivity (Wildman–Crippen MR) is 98.4 cm³/mol. The Kier molecular flexibility index (Phi) is 4.08. The Bertz CT molecular complexity index is 1230. The van der Waals surface area contributed by atoms with E-state index in [0.717, 1.165) is 6.07 Å². The highest BCUT2D eigenvalue weighted by Gasteiger charge is 2.20. The van der Waals surface area contributed by atoms with Gasteiger partial charge in [-0.15, -0.1) is 0 Å². The van der Waals surface area contributed by atoms with Crippen LogP contribution in [0.3, 0.4) is 0 Å². The van der Waals surface area contributed by atoms with Gasteiger partial charge >= 0.3 is 0 Å². The maximum absolute atomic E-state index is 14.2. The third-order valence-electron chi connectivity index (χ3n) is 4.52. The molecule has 136 valence electrons. The third-order valence-corrected chi connectivity index (χ3v) is 4.83. The van der Waals surface area contributed by atoms with Crippen molar-refractivity contribution in [1.29, 1.82) is 0 Å². The number of nitrogens with two attached hydrogens (primary N) is 1. The minimum atomic E-state index is -1.27. The average Bonchev–Trinajstić information content (AvgIpc) is 2.94. The van der Waals surface area contributed by atoms with Crippen molar-refractivity contribution in [3.8, 4) is 0 Å². The number of hydrogen-bond acceptors (Lipinski definition) is 1. The van der Waals surface area contributed by atoms with E-state index in [1.54, 1.807) is 41.0 Å². The van der Waals surface area contributed by atoms with E-state index in [9.17, 15) is 18.0 Å². The summed E-state index contributed by atoms with van der Waals surface area (Å²) in [5, 5.41) is 1.56. The highest BCUT2D eigenvalue weighted by Crippen LogP contribution is 2.36. The molecule has 0 fully saturated rings. The summed E-state index contributed by atoms with van der Waals surface area (Å²) in [6.45, 7) is -0.174. The van der Waals surface area contributed by atoms with Gasteiger partial charge < -0.3 is 10.3 Å². The van der Waals surface area contributed by atoms with Gasteiger partial charge in [-0.05, 0) is 24.3 Å². The third kappa shape index (κ3) is 2.73. The highest BCUT2D eigenvalue weighted by atomic mass is 35.5. The second-order valence-corrected chi connectivity index (χ2v) is 6.55. The molecule has 3 nitrogen and oxygen atoms in total. The van der Waals surface area contributed by atoms with Gasteiger partial charge in [0.25, 0.3) is 0 Å². The van der Waals surface area contributed by atoms with Gasteiger partial charge in [0, 0.05) is 28.0 Å². The second-order valence-electron chi connectivity index (χ2n) is 6.15. The Labute approximate surface area is 156 Å². The van der Waals surface area contributed by atoms with Crippen LogP contribution >= 0.6 is 11.6 Å². The largest absolute Gasteiger partial charge is 0.366 e. The van der Waals surface area contributed by atoms with E-state index in [0.29, 0.717) is 32.9 Å². The van der Waals surface area contributed by atoms with Gasteiger partial charge in [0.15, 0.2) is 11.6 Å². The minimum absolute atomic E-state index is 0.171. The molecule has 1 amide bonds. The van der Waals surface area contributed by atoms with E-state index in [1.165, 1.54) is 0 Å². The van der Waals surface area contributed by atoms with Crippen LogP contribution in [-0.4, -0.2) is 10.5 Å². The van der Waals surface area contributed by atoms with E-state index in [2.05, 4.69) is 0 Å². The molecule has 0 aliphatic carbocycles. The number of nitrogens with zero attached hydrogens (tertiary/aromatic N) is 1. The van der Waals surface area contributed by atoms with Gasteiger partial charge in [-0.1, -0.05) is 29.8 Å². The van der Waals surface area contributed by atoms with E-state index < -0.39 is 23.4 Å². The summed E-state index contributed by atoms with van der Waals surface area (Å²) in [7, 11) is 0. The molecule has 2 N–H and O–H groups in total. The summed E-state index contributed by atoms with van der Waals surface area (Å²) in [6.07, 6.45) is 0. The number of amides is 1. The fraction of sp³-hybridized carbons (Fsp3) is 0.0500. The fourth-order valence-electron chi connectivity index (χ4n) is 3.42. The first-order chi connectivity index (χ1) is 12.9. The van der Waals surface area contributed by atoms with Gasteiger partial charge in [-0.25, -0.2) is 13.2 Å². The monoisotopic (exact) mass is 388 g/mol. The zero-order valence-corrected chi connectivity index (χ0v) is 14.5. The summed E-state index contributed by atoms with van der Waals surface area (Å²) >= 11 is 6.36. The number of hydrogen-bond donors (Lipinski definition) is 1. The van der Waals surface area contributed by atoms with Crippen molar-refractivity contribution in [2.75, 3.05) is 0 Å². The van der Waals surface area contributed by atoms with Crippen molar-refractivity contribution in [1.82, 2.24) is 4.57 Å². The quantitative estimate of drug-likeness (QED) is 0.493. The molecule has 4 aromatic rings. The van der Waals surface area contributed by atoms with Gasteiger partial charge in [0.05, 0.1) is 22.6 Å². The van der Waals surface area contributed by atoms with Crippen molar-refractivity contribution in [3.63, 3.8) is 0 Å². The summed E-state index contributed by atoms with van der Waals surface area (Å²) in [6, 6.07) is 11.5. The van der Waals surface area contributed by atoms with Crippen LogP contribution < -0.4 is 5.73 Å². The van der Waals surface area contributed by atoms with Crippen LogP contribution in [0.15, 0.2) is 48.5 Å². The van der Waals surface area contributed by atoms with Crippen LogP contribution in [0, 0.1) is 17.5 Å². The van der Waals surface area contributed by atoms with E-state index >= 15 is 0 Å².